The Kier molecular flexibility index (Phi) is 13.2. The van der Waals surface area contributed by atoms with Crippen molar-refractivity contribution in [1.29, 1.82) is 0 Å². The highest BCUT2D eigenvalue weighted by Gasteiger charge is 2.06. The highest BCUT2D eigenvalue weighted by molar-refractivity contribution is 8.12. The molecule has 0 spiro atoms. The van der Waals surface area contributed by atoms with Gasteiger partial charge >= 0.3 is 5.24 Å². The molecule has 0 bridgehead atoms. The van der Waals surface area contributed by atoms with Gasteiger partial charge in [0.1, 0.15) is 0 Å². The maximum atomic E-state index is 11.4. The van der Waals surface area contributed by atoms with Crippen molar-refractivity contribution < 1.29 is 19.7 Å². The number of hydrogen-bond acceptors (Lipinski definition) is 6. The SMILES string of the molecule is O=C(CCCCCCC/C=C/CCCc1cccc([N+](=O)[O-])c1)NSC(=O)NO. The normalized spacial score (nSPS) is 10.8. The molecule has 0 aromatic heterocycles. The predicted octanol–water partition coefficient (Wildman–Crippen LogP) is 5.07. The average Bonchev–Trinajstić information content (AvgIpc) is 2.72. The molecule has 2 amide bonds. The van der Waals surface area contributed by atoms with Gasteiger partial charge in [0.15, 0.2) is 0 Å². The molecule has 9 heteroatoms. The van der Waals surface area contributed by atoms with E-state index in [-0.39, 0.29) is 16.5 Å². The van der Waals surface area contributed by atoms with Gasteiger partial charge < -0.3 is 0 Å². The predicted molar refractivity (Wildman–Crippen MR) is 114 cm³/mol. The molecule has 0 saturated carbocycles. The van der Waals surface area contributed by atoms with Crippen LogP contribution in [0.25, 0.3) is 0 Å². The number of unbranched alkanes of at least 4 members (excludes halogenated alkanes) is 6. The van der Waals surface area contributed by atoms with Crippen LogP contribution in [0.1, 0.15) is 63.4 Å². The number of benzene rings is 1. The van der Waals surface area contributed by atoms with Crippen molar-refractivity contribution in [2.24, 2.45) is 0 Å². The topological polar surface area (TPSA) is 122 Å². The smallest absolute Gasteiger partial charge is 0.292 e. The lowest BCUT2D eigenvalue weighted by Gasteiger charge is -2.03. The van der Waals surface area contributed by atoms with E-state index in [1.807, 2.05) is 6.07 Å². The molecular weight excluding hydrogens is 394 g/mol. The first-order valence-corrected chi connectivity index (χ1v) is 10.6. The van der Waals surface area contributed by atoms with Crippen LogP contribution in [0, 0.1) is 10.1 Å². The fourth-order valence-electron chi connectivity index (χ4n) is 2.74. The Morgan fingerprint density at radius 1 is 1.07 bits per heavy atom. The van der Waals surface area contributed by atoms with E-state index in [4.69, 9.17) is 5.21 Å². The Labute approximate surface area is 175 Å². The van der Waals surface area contributed by atoms with Gasteiger partial charge in [-0.25, -0.2) is 5.48 Å². The second kappa shape index (κ2) is 15.5. The van der Waals surface area contributed by atoms with Gasteiger partial charge in [0.05, 0.1) is 16.9 Å². The van der Waals surface area contributed by atoms with E-state index in [9.17, 15) is 19.7 Å². The zero-order chi connectivity index (χ0) is 21.3. The Morgan fingerprint density at radius 3 is 2.48 bits per heavy atom. The third-order valence-corrected chi connectivity index (χ3v) is 4.85. The molecule has 0 aliphatic heterocycles. The van der Waals surface area contributed by atoms with Gasteiger partial charge in [-0.1, -0.05) is 43.5 Å². The van der Waals surface area contributed by atoms with Crippen LogP contribution in [-0.2, 0) is 11.2 Å². The number of aryl methyl sites for hydroxylation is 1. The number of hydroxylamine groups is 1. The van der Waals surface area contributed by atoms with Gasteiger partial charge in [-0.3, -0.25) is 29.6 Å². The van der Waals surface area contributed by atoms with Crippen LogP contribution in [0.15, 0.2) is 36.4 Å². The number of nitro benzene ring substituents is 1. The summed E-state index contributed by atoms with van der Waals surface area (Å²) in [6.07, 6.45) is 13.6. The number of carbonyl (C=O) groups excluding carboxylic acids is 2. The van der Waals surface area contributed by atoms with E-state index in [0.29, 0.717) is 18.4 Å². The molecule has 0 unspecified atom stereocenters. The van der Waals surface area contributed by atoms with E-state index in [1.165, 1.54) is 11.5 Å². The van der Waals surface area contributed by atoms with E-state index in [1.54, 1.807) is 12.1 Å². The molecule has 1 aromatic carbocycles. The van der Waals surface area contributed by atoms with Gasteiger partial charge in [-0.05, 0) is 44.1 Å². The summed E-state index contributed by atoms with van der Waals surface area (Å²) in [5, 5.41) is 18.3. The van der Waals surface area contributed by atoms with Crippen molar-refractivity contribution >= 4 is 28.8 Å². The van der Waals surface area contributed by atoms with Gasteiger partial charge in [-0.15, -0.1) is 0 Å². The molecule has 0 aliphatic rings. The fourth-order valence-corrected chi connectivity index (χ4v) is 3.09. The second-order valence-corrected chi connectivity index (χ2v) is 7.40. The maximum absolute atomic E-state index is 11.4. The van der Waals surface area contributed by atoms with Crippen LogP contribution in [0.5, 0.6) is 0 Å². The summed E-state index contributed by atoms with van der Waals surface area (Å²) in [6, 6.07) is 6.80. The van der Waals surface area contributed by atoms with Crippen LogP contribution >= 0.6 is 11.9 Å². The molecule has 1 aromatic rings. The maximum Gasteiger partial charge on any atom is 0.323 e. The molecule has 0 aliphatic carbocycles. The molecule has 0 fully saturated rings. The Bertz CT molecular complexity index is 682. The number of hydrogen-bond donors (Lipinski definition) is 3. The first kappa shape index (κ1) is 24.6. The van der Waals surface area contributed by atoms with E-state index in [0.717, 1.165) is 63.4 Å². The lowest BCUT2D eigenvalue weighted by molar-refractivity contribution is -0.384. The molecule has 160 valence electrons. The third kappa shape index (κ3) is 12.6. The van der Waals surface area contributed by atoms with Crippen molar-refractivity contribution in [2.45, 2.75) is 64.2 Å². The van der Waals surface area contributed by atoms with Gasteiger partial charge in [0.2, 0.25) is 5.91 Å². The minimum absolute atomic E-state index is 0.145. The number of allylic oxidation sites excluding steroid dienone is 2. The monoisotopic (exact) mass is 423 g/mol. The number of rotatable bonds is 13. The summed E-state index contributed by atoms with van der Waals surface area (Å²) in [4.78, 5) is 32.6. The molecule has 0 saturated heterocycles. The first-order chi connectivity index (χ1) is 14.0. The van der Waals surface area contributed by atoms with Crippen LogP contribution < -0.4 is 10.2 Å². The van der Waals surface area contributed by atoms with Crippen LogP contribution in [0.2, 0.25) is 0 Å². The van der Waals surface area contributed by atoms with Crippen molar-refractivity contribution in [3.8, 4) is 0 Å². The molecule has 1 rings (SSSR count). The summed E-state index contributed by atoms with van der Waals surface area (Å²) in [5.74, 6) is -0.216. The molecule has 3 N–H and O–H groups in total. The van der Waals surface area contributed by atoms with Gasteiger partial charge in [0, 0.05) is 18.6 Å². The number of amides is 2. The Balaban J connectivity index is 1.95. The lowest BCUT2D eigenvalue weighted by atomic mass is 10.1. The van der Waals surface area contributed by atoms with Crippen molar-refractivity contribution in [3.05, 3.63) is 52.1 Å². The average molecular weight is 424 g/mol. The summed E-state index contributed by atoms with van der Waals surface area (Å²) in [7, 11) is 0. The molecule has 0 radical (unpaired) electrons. The highest BCUT2D eigenvalue weighted by atomic mass is 32.2. The van der Waals surface area contributed by atoms with Crippen molar-refractivity contribution in [2.75, 3.05) is 0 Å². The van der Waals surface area contributed by atoms with Crippen molar-refractivity contribution in [3.63, 3.8) is 0 Å². The molecule has 29 heavy (non-hydrogen) atoms. The minimum atomic E-state index is -0.713. The number of non-ortho nitro benzene ring substituents is 1. The van der Waals surface area contributed by atoms with Gasteiger partial charge in [0.25, 0.3) is 5.69 Å². The summed E-state index contributed by atoms with van der Waals surface area (Å²) in [5.41, 5.74) is 2.57. The highest BCUT2D eigenvalue weighted by Crippen LogP contribution is 2.15. The Morgan fingerprint density at radius 2 is 1.76 bits per heavy atom. The summed E-state index contributed by atoms with van der Waals surface area (Å²) in [6.45, 7) is 0. The quantitative estimate of drug-likeness (QED) is 0.102. The minimum Gasteiger partial charge on any atom is -0.292 e. The zero-order valence-corrected chi connectivity index (χ0v) is 17.3. The lowest BCUT2D eigenvalue weighted by Crippen LogP contribution is -2.22. The van der Waals surface area contributed by atoms with Crippen molar-refractivity contribution in [1.82, 2.24) is 10.2 Å². The molecule has 8 nitrogen and oxygen atoms in total. The summed E-state index contributed by atoms with van der Waals surface area (Å²) >= 11 is 0.534. The number of nitrogens with zero attached hydrogens (tertiary/aromatic N) is 1. The third-order valence-electron chi connectivity index (χ3n) is 4.25. The standard InChI is InChI=1S/C20H29N3O5S/c24-19(22-29-20(25)21-26)15-10-8-6-4-2-1-3-5-7-9-12-17-13-11-14-18(16-17)23(27)28/h3,5,11,13-14,16,26H,1-2,4,6-10,12,15H2,(H,21,25)(H,22,24)/b5-3+. The number of carbonyl (C=O) groups is 2. The molecular formula is C20H29N3O5S. The first-order valence-electron chi connectivity index (χ1n) is 9.81. The number of nitro groups is 1. The van der Waals surface area contributed by atoms with E-state index >= 15 is 0 Å². The van der Waals surface area contributed by atoms with Crippen LogP contribution in [0.4, 0.5) is 10.5 Å². The second-order valence-electron chi connectivity index (χ2n) is 6.62. The van der Waals surface area contributed by atoms with E-state index < -0.39 is 5.24 Å². The number of nitrogens with one attached hydrogen (secondary N) is 2. The van der Waals surface area contributed by atoms with Crippen LogP contribution in [-0.4, -0.2) is 21.3 Å². The molecule has 0 atom stereocenters. The fraction of sp³-hybridized carbons (Fsp3) is 0.500. The largest absolute Gasteiger partial charge is 0.323 e. The Hall–Kier alpha value is -2.39. The van der Waals surface area contributed by atoms with Crippen LogP contribution in [0.3, 0.4) is 0 Å². The zero-order valence-electron chi connectivity index (χ0n) is 16.5. The van der Waals surface area contributed by atoms with E-state index in [2.05, 4.69) is 16.9 Å². The van der Waals surface area contributed by atoms with Gasteiger partial charge in [-0.2, -0.15) is 0 Å². The summed E-state index contributed by atoms with van der Waals surface area (Å²) < 4.78 is 2.35. The molecule has 0 heterocycles.